The molecule has 96 valence electrons. The van der Waals surface area contributed by atoms with Crippen molar-refractivity contribution in [2.45, 2.75) is 6.92 Å². The van der Waals surface area contributed by atoms with E-state index in [0.29, 0.717) is 20.5 Å². The minimum Gasteiger partial charge on any atom is -0.360 e. The standard InChI is InChI=1S/C14H9Cl2NOS/c1-7-6-19-14(12(7)16)13(18)10-5-17-11-4-8(15)2-3-9(10)11/h2-6,17H,1H3. The molecule has 0 fully saturated rings. The van der Waals surface area contributed by atoms with Crippen LogP contribution in [-0.4, -0.2) is 10.8 Å². The molecule has 3 aromatic rings. The molecule has 0 bridgehead atoms. The van der Waals surface area contributed by atoms with Gasteiger partial charge in [-0.05, 0) is 30.0 Å². The van der Waals surface area contributed by atoms with Crippen molar-refractivity contribution in [1.29, 1.82) is 0 Å². The molecule has 0 saturated heterocycles. The smallest absolute Gasteiger partial charge is 0.206 e. The van der Waals surface area contributed by atoms with E-state index in [4.69, 9.17) is 23.2 Å². The predicted molar refractivity (Wildman–Crippen MR) is 80.8 cm³/mol. The highest BCUT2D eigenvalue weighted by Crippen LogP contribution is 2.31. The Morgan fingerprint density at radius 3 is 2.79 bits per heavy atom. The molecule has 0 spiro atoms. The largest absolute Gasteiger partial charge is 0.360 e. The van der Waals surface area contributed by atoms with Gasteiger partial charge in [0.1, 0.15) is 0 Å². The average Bonchev–Trinajstić information content (AvgIpc) is 2.94. The molecule has 2 heterocycles. The number of nitrogens with one attached hydrogen (secondary N) is 1. The van der Waals surface area contributed by atoms with E-state index in [1.165, 1.54) is 11.3 Å². The average molecular weight is 310 g/mol. The van der Waals surface area contributed by atoms with E-state index in [1.54, 1.807) is 18.3 Å². The Morgan fingerprint density at radius 1 is 1.32 bits per heavy atom. The van der Waals surface area contributed by atoms with Gasteiger partial charge in [0, 0.05) is 27.7 Å². The number of H-pyrrole nitrogens is 1. The van der Waals surface area contributed by atoms with Crippen LogP contribution in [0.15, 0.2) is 29.8 Å². The van der Waals surface area contributed by atoms with Crippen molar-refractivity contribution in [2.24, 2.45) is 0 Å². The third-order valence-corrected chi connectivity index (χ3v) is 4.92. The fourth-order valence-corrected chi connectivity index (χ4v) is 3.40. The predicted octanol–water partition coefficient (Wildman–Crippen LogP) is 5.08. The van der Waals surface area contributed by atoms with Crippen molar-refractivity contribution in [3.8, 4) is 0 Å². The molecule has 0 aliphatic heterocycles. The number of ketones is 1. The summed E-state index contributed by atoms with van der Waals surface area (Å²) >= 11 is 13.5. The van der Waals surface area contributed by atoms with Crippen molar-refractivity contribution < 1.29 is 4.79 Å². The van der Waals surface area contributed by atoms with Gasteiger partial charge >= 0.3 is 0 Å². The van der Waals surface area contributed by atoms with Crippen LogP contribution >= 0.6 is 34.5 Å². The first kappa shape index (κ1) is 12.7. The van der Waals surface area contributed by atoms with Crippen LogP contribution in [0.2, 0.25) is 10.0 Å². The molecule has 0 aliphatic carbocycles. The number of aromatic nitrogens is 1. The number of hydrogen-bond donors (Lipinski definition) is 1. The number of carbonyl (C=O) groups excluding carboxylic acids is 1. The van der Waals surface area contributed by atoms with Gasteiger partial charge in [-0.1, -0.05) is 29.3 Å². The van der Waals surface area contributed by atoms with Crippen molar-refractivity contribution in [2.75, 3.05) is 0 Å². The summed E-state index contributed by atoms with van der Waals surface area (Å²) in [5.41, 5.74) is 2.40. The summed E-state index contributed by atoms with van der Waals surface area (Å²) in [6.07, 6.45) is 1.70. The van der Waals surface area contributed by atoms with Crippen molar-refractivity contribution in [1.82, 2.24) is 4.98 Å². The zero-order chi connectivity index (χ0) is 13.6. The topological polar surface area (TPSA) is 32.9 Å². The van der Waals surface area contributed by atoms with Crippen LogP contribution in [0.5, 0.6) is 0 Å². The lowest BCUT2D eigenvalue weighted by atomic mass is 10.1. The number of aromatic amines is 1. The van der Waals surface area contributed by atoms with E-state index in [1.807, 2.05) is 18.4 Å². The normalized spacial score (nSPS) is 11.1. The maximum Gasteiger partial charge on any atom is 0.206 e. The summed E-state index contributed by atoms with van der Waals surface area (Å²) in [5.74, 6) is -0.0586. The van der Waals surface area contributed by atoms with E-state index in [9.17, 15) is 4.79 Å². The summed E-state index contributed by atoms with van der Waals surface area (Å²) in [6.45, 7) is 1.89. The molecular weight excluding hydrogens is 301 g/mol. The van der Waals surface area contributed by atoms with Crippen molar-refractivity contribution in [3.63, 3.8) is 0 Å². The second-order valence-corrected chi connectivity index (χ2v) is 5.98. The van der Waals surface area contributed by atoms with Crippen LogP contribution in [0, 0.1) is 6.92 Å². The summed E-state index contributed by atoms with van der Waals surface area (Å²) < 4.78 is 0. The quantitative estimate of drug-likeness (QED) is 0.658. The summed E-state index contributed by atoms with van der Waals surface area (Å²) in [4.78, 5) is 16.2. The van der Waals surface area contributed by atoms with E-state index in [0.717, 1.165) is 16.5 Å². The number of fused-ring (bicyclic) bond motifs is 1. The molecule has 3 rings (SSSR count). The molecule has 5 heteroatoms. The number of aryl methyl sites for hydroxylation is 1. The Bertz CT molecular complexity index is 788. The van der Waals surface area contributed by atoms with Crippen molar-refractivity contribution >= 4 is 51.2 Å². The van der Waals surface area contributed by atoms with Gasteiger partial charge < -0.3 is 4.98 Å². The van der Waals surface area contributed by atoms with Gasteiger partial charge in [0.2, 0.25) is 5.78 Å². The first-order valence-electron chi connectivity index (χ1n) is 5.63. The zero-order valence-corrected chi connectivity index (χ0v) is 12.3. The van der Waals surface area contributed by atoms with E-state index >= 15 is 0 Å². The van der Waals surface area contributed by atoms with Gasteiger partial charge in [0.25, 0.3) is 0 Å². The number of benzene rings is 1. The summed E-state index contributed by atoms with van der Waals surface area (Å²) in [7, 11) is 0. The first-order chi connectivity index (χ1) is 9.08. The maximum atomic E-state index is 12.5. The lowest BCUT2D eigenvalue weighted by Crippen LogP contribution is -1.98. The zero-order valence-electron chi connectivity index (χ0n) is 9.96. The maximum absolute atomic E-state index is 12.5. The number of rotatable bonds is 2. The highest BCUT2D eigenvalue weighted by Gasteiger charge is 2.19. The fraction of sp³-hybridized carbons (Fsp3) is 0.0714. The van der Waals surface area contributed by atoms with Gasteiger partial charge in [0.05, 0.1) is 9.90 Å². The van der Waals surface area contributed by atoms with Crippen LogP contribution in [0.25, 0.3) is 10.9 Å². The van der Waals surface area contributed by atoms with Crippen LogP contribution in [-0.2, 0) is 0 Å². The Labute approximate surface area is 124 Å². The van der Waals surface area contributed by atoms with Crippen molar-refractivity contribution in [3.05, 3.63) is 55.8 Å². The Kier molecular flexibility index (Phi) is 3.13. The third kappa shape index (κ3) is 2.08. The van der Waals surface area contributed by atoms with Crippen LogP contribution < -0.4 is 0 Å². The minimum atomic E-state index is -0.0586. The van der Waals surface area contributed by atoms with E-state index in [2.05, 4.69) is 4.98 Å². The number of carbonyl (C=O) groups is 1. The molecule has 0 aliphatic rings. The van der Waals surface area contributed by atoms with E-state index < -0.39 is 0 Å². The Hall–Kier alpha value is -1.29. The molecule has 2 aromatic heterocycles. The van der Waals surface area contributed by atoms with Gasteiger partial charge in [-0.3, -0.25) is 4.79 Å². The van der Waals surface area contributed by atoms with Crippen LogP contribution in [0.3, 0.4) is 0 Å². The third-order valence-electron chi connectivity index (χ3n) is 2.99. The summed E-state index contributed by atoms with van der Waals surface area (Å²) in [5, 5.41) is 3.93. The number of hydrogen-bond acceptors (Lipinski definition) is 2. The highest BCUT2D eigenvalue weighted by molar-refractivity contribution is 7.13. The SMILES string of the molecule is Cc1csc(C(=O)c2c[nH]c3cc(Cl)ccc23)c1Cl. The van der Waals surface area contributed by atoms with Gasteiger partial charge in [-0.25, -0.2) is 0 Å². The van der Waals surface area contributed by atoms with Crippen LogP contribution in [0.4, 0.5) is 0 Å². The van der Waals surface area contributed by atoms with Gasteiger partial charge in [-0.2, -0.15) is 0 Å². The molecular formula is C14H9Cl2NOS. The minimum absolute atomic E-state index is 0.0586. The molecule has 0 radical (unpaired) electrons. The van der Waals surface area contributed by atoms with Gasteiger partial charge in [0.15, 0.2) is 0 Å². The monoisotopic (exact) mass is 309 g/mol. The molecule has 0 saturated carbocycles. The molecule has 19 heavy (non-hydrogen) atoms. The van der Waals surface area contributed by atoms with Gasteiger partial charge in [-0.15, -0.1) is 11.3 Å². The number of thiophene rings is 1. The van der Waals surface area contributed by atoms with E-state index in [-0.39, 0.29) is 5.78 Å². The second-order valence-electron chi connectivity index (χ2n) is 4.28. The Morgan fingerprint density at radius 2 is 2.11 bits per heavy atom. The fourth-order valence-electron chi connectivity index (χ4n) is 1.99. The molecule has 2 nitrogen and oxygen atoms in total. The second kappa shape index (κ2) is 4.67. The highest BCUT2D eigenvalue weighted by atomic mass is 35.5. The molecule has 0 atom stereocenters. The lowest BCUT2D eigenvalue weighted by Gasteiger charge is -1.98. The Balaban J connectivity index is 2.14. The molecule has 1 aromatic carbocycles. The summed E-state index contributed by atoms with van der Waals surface area (Å²) in [6, 6.07) is 5.42. The molecule has 1 N–H and O–H groups in total. The first-order valence-corrected chi connectivity index (χ1v) is 7.26. The molecule has 0 amide bonds. The number of halogens is 2. The lowest BCUT2D eigenvalue weighted by molar-refractivity contribution is 0.104. The van der Waals surface area contributed by atoms with Crippen LogP contribution in [0.1, 0.15) is 20.8 Å². The molecule has 0 unspecified atom stereocenters.